The van der Waals surface area contributed by atoms with Crippen molar-refractivity contribution < 1.29 is 4.79 Å². The lowest BCUT2D eigenvalue weighted by molar-refractivity contribution is 0.0696. The number of nitrogens with zero attached hydrogens (tertiary/aromatic N) is 4. The van der Waals surface area contributed by atoms with Crippen LogP contribution in [0.25, 0.3) is 0 Å². The smallest absolute Gasteiger partial charge is 0.273 e. The summed E-state index contributed by atoms with van der Waals surface area (Å²) in [5, 5.41) is 0. The minimum absolute atomic E-state index is 0.127. The molecule has 0 spiro atoms. The molecule has 4 rings (SSSR count). The van der Waals surface area contributed by atoms with Gasteiger partial charge >= 0.3 is 0 Å². The Morgan fingerprint density at radius 1 is 1.24 bits per heavy atom. The van der Waals surface area contributed by atoms with Crippen molar-refractivity contribution in [3.05, 3.63) is 46.7 Å². The molecule has 1 atom stereocenters. The first-order valence-electron chi connectivity index (χ1n) is 9.06. The van der Waals surface area contributed by atoms with Crippen LogP contribution in [0.15, 0.2) is 29.6 Å². The lowest BCUT2D eigenvalue weighted by Gasteiger charge is -2.33. The highest BCUT2D eigenvalue weighted by Crippen LogP contribution is 2.31. The maximum Gasteiger partial charge on any atom is 0.273 e. The number of hydrogen-bond donors (Lipinski definition) is 1. The number of piperidine rings is 1. The van der Waals surface area contributed by atoms with Crippen LogP contribution < -0.4 is 5.56 Å². The van der Waals surface area contributed by atoms with E-state index in [1.54, 1.807) is 0 Å². The Morgan fingerprint density at radius 3 is 2.84 bits per heavy atom. The molecule has 2 aromatic heterocycles. The zero-order chi connectivity index (χ0) is 17.2. The summed E-state index contributed by atoms with van der Waals surface area (Å²) in [7, 11) is 0. The van der Waals surface area contributed by atoms with E-state index in [4.69, 9.17) is 0 Å². The first-order chi connectivity index (χ1) is 12.2. The number of carbonyl (C=O) groups is 1. The van der Waals surface area contributed by atoms with Crippen molar-refractivity contribution in [2.24, 2.45) is 5.92 Å². The van der Waals surface area contributed by atoms with Crippen molar-refractivity contribution in [3.8, 4) is 0 Å². The second-order valence-electron chi connectivity index (χ2n) is 7.12. The predicted molar refractivity (Wildman–Crippen MR) is 92.3 cm³/mol. The Kier molecular flexibility index (Phi) is 4.38. The summed E-state index contributed by atoms with van der Waals surface area (Å²) in [6.07, 6.45) is 12.4. The van der Waals surface area contributed by atoms with E-state index in [1.807, 2.05) is 11.1 Å². The standard InChI is InChI=1S/C18H23N5O2/c24-16-10-20-15(9-21-16)18(25)23-7-2-5-14(12-23)17-19-6-8-22(17)11-13-3-1-4-13/h6,8-10,13-14H,1-5,7,11-12H2,(H,21,24)/t14-/m1/s1. The molecule has 0 bridgehead atoms. The number of likely N-dealkylation sites (tertiary alicyclic amines) is 1. The number of imidazole rings is 1. The van der Waals surface area contributed by atoms with Gasteiger partial charge in [0.15, 0.2) is 0 Å². The molecule has 1 aliphatic carbocycles. The maximum absolute atomic E-state index is 12.7. The fourth-order valence-corrected chi connectivity index (χ4v) is 3.78. The first-order valence-corrected chi connectivity index (χ1v) is 9.06. The fourth-order valence-electron chi connectivity index (χ4n) is 3.78. The molecule has 0 unspecified atom stereocenters. The van der Waals surface area contributed by atoms with Gasteiger partial charge in [0, 0.05) is 44.1 Å². The summed E-state index contributed by atoms with van der Waals surface area (Å²) < 4.78 is 2.28. The Labute approximate surface area is 146 Å². The second kappa shape index (κ2) is 6.82. The second-order valence-corrected chi connectivity index (χ2v) is 7.12. The molecule has 1 saturated carbocycles. The van der Waals surface area contributed by atoms with Gasteiger partial charge in [-0.25, -0.2) is 9.97 Å². The summed E-state index contributed by atoms with van der Waals surface area (Å²) in [5.74, 6) is 2.01. The molecule has 2 aromatic rings. The Hall–Kier alpha value is -2.44. The molecule has 1 N–H and O–H groups in total. The summed E-state index contributed by atoms with van der Waals surface area (Å²) >= 11 is 0. The average Bonchev–Trinajstić information content (AvgIpc) is 3.07. The number of aromatic nitrogens is 4. The van der Waals surface area contributed by atoms with E-state index in [1.165, 1.54) is 25.5 Å². The molecule has 2 fully saturated rings. The van der Waals surface area contributed by atoms with Crippen LogP contribution in [0.2, 0.25) is 0 Å². The molecule has 1 aliphatic heterocycles. The number of hydrogen-bond acceptors (Lipinski definition) is 4. The number of amides is 1. The third-order valence-electron chi connectivity index (χ3n) is 5.39. The van der Waals surface area contributed by atoms with Crippen LogP contribution >= 0.6 is 0 Å². The van der Waals surface area contributed by atoms with Gasteiger partial charge in [0.2, 0.25) is 0 Å². The van der Waals surface area contributed by atoms with Gasteiger partial charge in [-0.05, 0) is 31.6 Å². The van der Waals surface area contributed by atoms with Gasteiger partial charge in [0.25, 0.3) is 11.5 Å². The van der Waals surface area contributed by atoms with Crippen LogP contribution in [0.5, 0.6) is 0 Å². The molecule has 7 heteroatoms. The molecule has 132 valence electrons. The molecule has 25 heavy (non-hydrogen) atoms. The van der Waals surface area contributed by atoms with Crippen LogP contribution in [0.1, 0.15) is 54.3 Å². The van der Waals surface area contributed by atoms with Gasteiger partial charge in [-0.2, -0.15) is 0 Å². The normalized spacial score (nSPS) is 21.1. The van der Waals surface area contributed by atoms with E-state index in [0.29, 0.717) is 6.54 Å². The molecular formula is C18H23N5O2. The molecular weight excluding hydrogens is 318 g/mol. The SMILES string of the molecule is O=C(c1c[nH]c(=O)cn1)N1CCC[C@@H](c2nccn2CC2CCC2)C1. The van der Waals surface area contributed by atoms with Gasteiger partial charge in [0.05, 0.1) is 6.20 Å². The average molecular weight is 341 g/mol. The van der Waals surface area contributed by atoms with Crippen LogP contribution in [0.3, 0.4) is 0 Å². The largest absolute Gasteiger partial charge is 0.337 e. The molecule has 3 heterocycles. The van der Waals surface area contributed by atoms with Crippen molar-refractivity contribution in [3.63, 3.8) is 0 Å². The maximum atomic E-state index is 12.7. The van der Waals surface area contributed by atoms with Gasteiger partial charge in [-0.3, -0.25) is 9.59 Å². The number of rotatable bonds is 4. The fraction of sp³-hybridized carbons (Fsp3) is 0.556. The summed E-state index contributed by atoms with van der Waals surface area (Å²) in [5.41, 5.74) is -0.0100. The highest BCUT2D eigenvalue weighted by Gasteiger charge is 2.29. The van der Waals surface area contributed by atoms with Crippen LogP contribution in [0, 0.1) is 5.92 Å². The highest BCUT2D eigenvalue weighted by molar-refractivity contribution is 5.92. The van der Waals surface area contributed by atoms with Crippen LogP contribution in [-0.2, 0) is 6.54 Å². The summed E-state index contributed by atoms with van der Waals surface area (Å²) in [6, 6.07) is 0. The summed E-state index contributed by atoms with van der Waals surface area (Å²) in [4.78, 5) is 36.7. The van der Waals surface area contributed by atoms with Crippen molar-refractivity contribution in [1.29, 1.82) is 0 Å². The van der Waals surface area contributed by atoms with E-state index in [-0.39, 0.29) is 23.1 Å². The third kappa shape index (κ3) is 3.36. The first kappa shape index (κ1) is 16.1. The lowest BCUT2D eigenvalue weighted by Crippen LogP contribution is -2.40. The number of carbonyl (C=O) groups excluding carboxylic acids is 1. The minimum atomic E-state index is -0.300. The zero-order valence-corrected chi connectivity index (χ0v) is 14.2. The molecule has 7 nitrogen and oxygen atoms in total. The van der Waals surface area contributed by atoms with Crippen molar-refractivity contribution in [2.45, 2.75) is 44.6 Å². The van der Waals surface area contributed by atoms with E-state index >= 15 is 0 Å². The van der Waals surface area contributed by atoms with Crippen molar-refractivity contribution in [1.82, 2.24) is 24.4 Å². The van der Waals surface area contributed by atoms with Gasteiger partial charge in [0.1, 0.15) is 11.5 Å². The van der Waals surface area contributed by atoms with Crippen molar-refractivity contribution >= 4 is 5.91 Å². The van der Waals surface area contributed by atoms with Crippen molar-refractivity contribution in [2.75, 3.05) is 13.1 Å². The summed E-state index contributed by atoms with van der Waals surface area (Å²) in [6.45, 7) is 2.42. The van der Waals surface area contributed by atoms with Gasteiger partial charge < -0.3 is 14.5 Å². The zero-order valence-electron chi connectivity index (χ0n) is 14.2. The Balaban J connectivity index is 1.47. The molecule has 0 aromatic carbocycles. The monoisotopic (exact) mass is 341 g/mol. The Morgan fingerprint density at radius 2 is 2.12 bits per heavy atom. The van der Waals surface area contributed by atoms with E-state index < -0.39 is 0 Å². The van der Waals surface area contributed by atoms with Crippen LogP contribution in [-0.4, -0.2) is 43.4 Å². The number of H-pyrrole nitrogens is 1. The van der Waals surface area contributed by atoms with Crippen LogP contribution in [0.4, 0.5) is 0 Å². The highest BCUT2D eigenvalue weighted by atomic mass is 16.2. The number of aromatic amines is 1. The van der Waals surface area contributed by atoms with E-state index in [2.05, 4.69) is 25.7 Å². The lowest BCUT2D eigenvalue weighted by atomic mass is 9.85. The van der Waals surface area contributed by atoms with Gasteiger partial charge in [-0.15, -0.1) is 0 Å². The topological polar surface area (TPSA) is 83.9 Å². The third-order valence-corrected chi connectivity index (χ3v) is 5.39. The Bertz CT molecular complexity index is 787. The minimum Gasteiger partial charge on any atom is -0.337 e. The number of nitrogens with one attached hydrogen (secondary N) is 1. The predicted octanol–water partition coefficient (Wildman–Crippen LogP) is 1.79. The van der Waals surface area contributed by atoms with Gasteiger partial charge in [-0.1, -0.05) is 6.42 Å². The molecule has 1 saturated heterocycles. The molecule has 2 aliphatic rings. The molecule has 0 radical (unpaired) electrons. The molecule has 1 amide bonds. The quantitative estimate of drug-likeness (QED) is 0.919. The van der Waals surface area contributed by atoms with E-state index in [0.717, 1.165) is 43.9 Å². The van der Waals surface area contributed by atoms with E-state index in [9.17, 15) is 9.59 Å².